The van der Waals surface area contributed by atoms with Crippen LogP contribution in [0.2, 0.25) is 0 Å². The van der Waals surface area contributed by atoms with Gasteiger partial charge >= 0.3 is 5.69 Å². The topological polar surface area (TPSA) is 85.6 Å². The van der Waals surface area contributed by atoms with Crippen molar-refractivity contribution in [2.45, 2.75) is 26.9 Å². The molecule has 2 aromatic carbocycles. The smallest absolute Gasteiger partial charge is 0.329 e. The van der Waals surface area contributed by atoms with Crippen molar-refractivity contribution in [3.63, 3.8) is 0 Å². The van der Waals surface area contributed by atoms with Crippen LogP contribution >= 0.6 is 0 Å². The Morgan fingerprint density at radius 2 is 1.76 bits per heavy atom. The lowest BCUT2D eigenvalue weighted by molar-refractivity contribution is -0.123. The first-order valence-corrected chi connectivity index (χ1v) is 9.58. The third kappa shape index (κ3) is 3.26. The second-order valence-corrected chi connectivity index (χ2v) is 6.76. The van der Waals surface area contributed by atoms with Crippen molar-refractivity contribution in [3.05, 3.63) is 52.9 Å². The zero-order valence-electron chi connectivity index (χ0n) is 16.3. The van der Waals surface area contributed by atoms with E-state index in [4.69, 9.17) is 4.74 Å². The fraction of sp³-hybridized carbons (Fsp3) is 0.286. The van der Waals surface area contributed by atoms with E-state index in [-0.39, 0.29) is 30.7 Å². The van der Waals surface area contributed by atoms with Gasteiger partial charge in [-0.2, -0.15) is 0 Å². The number of hydrogen-bond acceptors (Lipinski definition) is 4. The summed E-state index contributed by atoms with van der Waals surface area (Å²) in [6.45, 7) is 4.74. The second kappa shape index (κ2) is 7.46. The number of benzene rings is 2. The fourth-order valence-electron chi connectivity index (χ4n) is 3.68. The van der Waals surface area contributed by atoms with E-state index >= 15 is 0 Å². The highest BCUT2D eigenvalue weighted by molar-refractivity contribution is 6.05. The zero-order valence-corrected chi connectivity index (χ0v) is 16.3. The van der Waals surface area contributed by atoms with Gasteiger partial charge in [0.2, 0.25) is 5.91 Å². The van der Waals surface area contributed by atoms with Crippen LogP contribution in [0.5, 0.6) is 5.75 Å². The Bertz CT molecular complexity index is 1160. The Balaban J connectivity index is 1.58. The highest BCUT2D eigenvalue weighted by Crippen LogP contribution is 2.31. The van der Waals surface area contributed by atoms with Gasteiger partial charge in [-0.25, -0.2) is 4.79 Å². The van der Waals surface area contributed by atoms with Gasteiger partial charge in [0, 0.05) is 18.8 Å². The summed E-state index contributed by atoms with van der Waals surface area (Å²) in [4.78, 5) is 38.8. The lowest BCUT2D eigenvalue weighted by Gasteiger charge is -2.28. The molecule has 0 bridgehead atoms. The minimum atomic E-state index is -0.324. The van der Waals surface area contributed by atoms with E-state index in [9.17, 15) is 14.4 Å². The van der Waals surface area contributed by atoms with E-state index < -0.39 is 0 Å². The van der Waals surface area contributed by atoms with Crippen LogP contribution in [0.1, 0.15) is 13.8 Å². The normalized spacial score (nSPS) is 13.3. The SMILES string of the molecule is CCn1c(=O)n(CC)c2cc(NC(=O)CN3C(=O)COc4ccccc43)ccc21. The van der Waals surface area contributed by atoms with Crippen LogP contribution in [0, 0.1) is 0 Å². The molecule has 0 saturated heterocycles. The van der Waals surface area contributed by atoms with Gasteiger partial charge in [0.25, 0.3) is 5.91 Å². The number of nitrogens with one attached hydrogen (secondary N) is 1. The molecule has 0 radical (unpaired) electrons. The summed E-state index contributed by atoms with van der Waals surface area (Å²) in [5, 5.41) is 2.83. The molecule has 0 saturated carbocycles. The van der Waals surface area contributed by atoms with Crippen molar-refractivity contribution in [1.82, 2.24) is 9.13 Å². The Morgan fingerprint density at radius 3 is 2.52 bits per heavy atom. The molecule has 150 valence electrons. The first kappa shape index (κ1) is 18.8. The molecule has 0 unspecified atom stereocenters. The lowest BCUT2D eigenvalue weighted by Crippen LogP contribution is -2.43. The third-order valence-electron chi connectivity index (χ3n) is 5.04. The number of ether oxygens (including phenoxy) is 1. The number of amides is 2. The molecule has 1 N–H and O–H groups in total. The number of aryl methyl sites for hydroxylation is 2. The molecule has 8 heteroatoms. The number of aromatic nitrogens is 2. The standard InChI is InChI=1S/C21H22N4O4/c1-3-23-15-10-9-14(11-17(15)24(4-2)21(23)28)22-19(26)12-25-16-7-5-6-8-18(16)29-13-20(25)27/h5-11H,3-4,12-13H2,1-2H3,(H,22,26). The van der Waals surface area contributed by atoms with Crippen LogP contribution in [0.25, 0.3) is 11.0 Å². The summed E-state index contributed by atoms with van der Waals surface area (Å²) >= 11 is 0. The van der Waals surface area contributed by atoms with Gasteiger partial charge in [-0.3, -0.25) is 23.6 Å². The fourth-order valence-corrected chi connectivity index (χ4v) is 3.68. The van der Waals surface area contributed by atoms with Gasteiger partial charge in [-0.15, -0.1) is 0 Å². The summed E-state index contributed by atoms with van der Waals surface area (Å²) in [6.07, 6.45) is 0. The van der Waals surface area contributed by atoms with Crippen LogP contribution in [0.3, 0.4) is 0 Å². The Morgan fingerprint density at radius 1 is 1.03 bits per heavy atom. The summed E-state index contributed by atoms with van der Waals surface area (Å²) in [6, 6.07) is 12.5. The number of fused-ring (bicyclic) bond motifs is 2. The van der Waals surface area contributed by atoms with Gasteiger partial charge in [0.1, 0.15) is 12.3 Å². The molecule has 0 aliphatic carbocycles. The van der Waals surface area contributed by atoms with Crippen molar-refractivity contribution in [3.8, 4) is 5.75 Å². The molecule has 29 heavy (non-hydrogen) atoms. The van der Waals surface area contributed by atoms with Crippen LogP contribution in [-0.2, 0) is 22.7 Å². The van der Waals surface area contributed by atoms with Crippen LogP contribution in [-0.4, -0.2) is 34.1 Å². The highest BCUT2D eigenvalue weighted by Gasteiger charge is 2.27. The summed E-state index contributed by atoms with van der Waals surface area (Å²) in [5.41, 5.74) is 2.68. The first-order valence-electron chi connectivity index (χ1n) is 9.58. The number of hydrogen-bond donors (Lipinski definition) is 1. The number of nitrogens with zero attached hydrogens (tertiary/aromatic N) is 3. The highest BCUT2D eigenvalue weighted by atomic mass is 16.5. The monoisotopic (exact) mass is 394 g/mol. The zero-order chi connectivity index (χ0) is 20.5. The van der Waals surface area contributed by atoms with Crippen LogP contribution in [0.4, 0.5) is 11.4 Å². The molecule has 0 fully saturated rings. The number of para-hydroxylation sites is 2. The van der Waals surface area contributed by atoms with E-state index in [1.807, 2.05) is 26.0 Å². The van der Waals surface area contributed by atoms with Gasteiger partial charge in [0.05, 0.1) is 16.7 Å². The molecule has 3 aromatic rings. The maximum Gasteiger partial charge on any atom is 0.329 e. The molecule has 1 aromatic heterocycles. The van der Waals surface area contributed by atoms with E-state index in [0.717, 1.165) is 11.0 Å². The maximum absolute atomic E-state index is 12.6. The Labute approximate surface area is 167 Å². The summed E-state index contributed by atoms with van der Waals surface area (Å²) in [5.74, 6) is -0.0157. The maximum atomic E-state index is 12.6. The molecular weight excluding hydrogens is 372 g/mol. The van der Waals surface area contributed by atoms with E-state index in [2.05, 4.69) is 5.32 Å². The Hall–Kier alpha value is -3.55. The van der Waals surface area contributed by atoms with Crippen molar-refractivity contribution >= 4 is 34.2 Å². The molecule has 4 rings (SSSR count). The molecule has 2 heterocycles. The van der Waals surface area contributed by atoms with Crippen LogP contribution < -0.4 is 20.6 Å². The number of carbonyl (C=O) groups is 2. The van der Waals surface area contributed by atoms with Gasteiger partial charge in [-0.05, 0) is 44.2 Å². The number of carbonyl (C=O) groups excluding carboxylic acids is 2. The average molecular weight is 394 g/mol. The number of anilines is 2. The van der Waals surface area contributed by atoms with Crippen molar-refractivity contribution in [2.24, 2.45) is 0 Å². The molecule has 1 aliphatic heterocycles. The van der Waals surface area contributed by atoms with Gasteiger partial charge in [0.15, 0.2) is 6.61 Å². The number of imidazole rings is 1. The van der Waals surface area contributed by atoms with Crippen molar-refractivity contribution in [2.75, 3.05) is 23.4 Å². The third-order valence-corrected chi connectivity index (χ3v) is 5.04. The summed E-state index contributed by atoms with van der Waals surface area (Å²) in [7, 11) is 0. The van der Waals surface area contributed by atoms with E-state index in [1.165, 1.54) is 4.90 Å². The minimum absolute atomic E-state index is 0.0657. The minimum Gasteiger partial charge on any atom is -0.482 e. The predicted molar refractivity (Wildman–Crippen MR) is 110 cm³/mol. The molecule has 2 amide bonds. The number of rotatable bonds is 5. The van der Waals surface area contributed by atoms with Crippen molar-refractivity contribution < 1.29 is 14.3 Å². The van der Waals surface area contributed by atoms with Gasteiger partial charge in [-0.1, -0.05) is 12.1 Å². The van der Waals surface area contributed by atoms with E-state index in [0.29, 0.717) is 30.2 Å². The molecule has 0 atom stereocenters. The Kier molecular flexibility index (Phi) is 4.84. The molecule has 8 nitrogen and oxygen atoms in total. The molecule has 1 aliphatic rings. The second-order valence-electron chi connectivity index (χ2n) is 6.76. The van der Waals surface area contributed by atoms with Gasteiger partial charge < -0.3 is 10.1 Å². The van der Waals surface area contributed by atoms with E-state index in [1.54, 1.807) is 39.5 Å². The lowest BCUT2D eigenvalue weighted by atomic mass is 10.2. The molecule has 0 spiro atoms. The predicted octanol–water partition coefficient (Wildman–Crippen LogP) is 2.21. The van der Waals surface area contributed by atoms with Crippen LogP contribution in [0.15, 0.2) is 47.3 Å². The molecular formula is C21H22N4O4. The average Bonchev–Trinajstić information content (AvgIpc) is 2.99. The van der Waals surface area contributed by atoms with Crippen molar-refractivity contribution in [1.29, 1.82) is 0 Å². The largest absolute Gasteiger partial charge is 0.482 e. The quantitative estimate of drug-likeness (QED) is 0.719. The summed E-state index contributed by atoms with van der Waals surface area (Å²) < 4.78 is 8.79. The first-order chi connectivity index (χ1) is 14.0.